The monoisotopic (exact) mass is 308 g/mol. The van der Waals surface area contributed by atoms with Crippen molar-refractivity contribution in [3.63, 3.8) is 0 Å². The molecule has 0 saturated carbocycles. The Labute approximate surface area is 127 Å². The van der Waals surface area contributed by atoms with E-state index in [-0.39, 0.29) is 18.6 Å². The predicted octanol–water partition coefficient (Wildman–Crippen LogP) is 2.64. The summed E-state index contributed by atoms with van der Waals surface area (Å²) in [5, 5.41) is 0. The number of halogens is 2. The highest BCUT2D eigenvalue weighted by atomic mass is 19.3. The van der Waals surface area contributed by atoms with Gasteiger partial charge in [0.05, 0.1) is 18.2 Å². The highest BCUT2D eigenvalue weighted by Gasteiger charge is 2.57. The van der Waals surface area contributed by atoms with Crippen LogP contribution in [0.2, 0.25) is 0 Å². The summed E-state index contributed by atoms with van der Waals surface area (Å²) >= 11 is 0. The molecule has 1 saturated heterocycles. The molecule has 0 amide bonds. The van der Waals surface area contributed by atoms with Crippen LogP contribution in [0.4, 0.5) is 8.78 Å². The van der Waals surface area contributed by atoms with Crippen LogP contribution in [-0.4, -0.2) is 68.1 Å². The lowest BCUT2D eigenvalue weighted by molar-refractivity contribution is -0.257. The largest absolute Gasteiger partial charge is 0.383 e. The normalized spacial score (nSPS) is 24.4. The molecule has 2 unspecified atom stereocenters. The van der Waals surface area contributed by atoms with Crippen LogP contribution in [0.3, 0.4) is 0 Å². The summed E-state index contributed by atoms with van der Waals surface area (Å²) in [7, 11) is 3.14. The second-order valence-electron chi connectivity index (χ2n) is 6.25. The topological polar surface area (TPSA) is 24.9 Å². The van der Waals surface area contributed by atoms with E-state index < -0.39 is 11.7 Å². The van der Waals surface area contributed by atoms with E-state index in [2.05, 4.69) is 0 Å². The molecule has 1 heterocycles. The summed E-state index contributed by atoms with van der Waals surface area (Å²) in [6.45, 7) is 9.09. The van der Waals surface area contributed by atoms with Gasteiger partial charge in [-0.25, -0.2) is 9.80 Å². The fraction of sp³-hybridized carbons (Fsp3) is 1.00. The molecular formula is C15H30F2N2O2. The molecule has 0 aromatic heterocycles. The van der Waals surface area contributed by atoms with Crippen LogP contribution in [0.25, 0.3) is 0 Å². The van der Waals surface area contributed by atoms with E-state index in [0.717, 1.165) is 0 Å². The molecule has 1 aliphatic heterocycles. The van der Waals surface area contributed by atoms with Crippen molar-refractivity contribution < 1.29 is 18.3 Å². The summed E-state index contributed by atoms with van der Waals surface area (Å²) in [5.74, 6) is 0.170. The van der Waals surface area contributed by atoms with E-state index in [9.17, 15) is 8.78 Å². The van der Waals surface area contributed by atoms with Crippen LogP contribution in [0.1, 0.15) is 34.1 Å². The lowest BCUT2D eigenvalue weighted by Gasteiger charge is -2.47. The van der Waals surface area contributed by atoms with Gasteiger partial charge in [0.25, 0.3) is 0 Å². The van der Waals surface area contributed by atoms with Crippen molar-refractivity contribution in [3.05, 3.63) is 0 Å². The van der Waals surface area contributed by atoms with Gasteiger partial charge in [-0.15, -0.1) is 0 Å². The van der Waals surface area contributed by atoms with E-state index in [0.29, 0.717) is 26.1 Å². The standard InChI is InChI=1S/C15H30F2N2O2/c1-7-14(4,13(21-6)12(2)3)19-9-8-18(10-11-20-5)15(19,16)17/h12-13H,7-11H2,1-6H3. The van der Waals surface area contributed by atoms with Gasteiger partial charge in [0, 0.05) is 33.9 Å². The minimum Gasteiger partial charge on any atom is -0.383 e. The third kappa shape index (κ3) is 3.55. The SMILES string of the molecule is CCC(C)(C(OC)C(C)C)N1CCN(CCOC)C1(F)F. The van der Waals surface area contributed by atoms with Crippen molar-refractivity contribution in [2.45, 2.75) is 51.9 Å². The zero-order valence-electron chi connectivity index (χ0n) is 14.2. The highest BCUT2D eigenvalue weighted by Crippen LogP contribution is 2.41. The van der Waals surface area contributed by atoms with Gasteiger partial charge in [-0.2, -0.15) is 8.78 Å². The maximum Gasteiger partial charge on any atom is 0.370 e. The van der Waals surface area contributed by atoms with Crippen molar-refractivity contribution in [2.24, 2.45) is 5.92 Å². The Balaban J connectivity index is 3.00. The maximum absolute atomic E-state index is 14.8. The van der Waals surface area contributed by atoms with Gasteiger partial charge < -0.3 is 9.47 Å². The quantitative estimate of drug-likeness (QED) is 0.644. The van der Waals surface area contributed by atoms with Crippen LogP contribution >= 0.6 is 0 Å². The average molecular weight is 308 g/mol. The summed E-state index contributed by atoms with van der Waals surface area (Å²) in [5.41, 5.74) is -0.700. The number of nitrogens with zero attached hydrogens (tertiary/aromatic N) is 2. The Morgan fingerprint density at radius 2 is 1.86 bits per heavy atom. The molecule has 21 heavy (non-hydrogen) atoms. The van der Waals surface area contributed by atoms with Gasteiger partial charge in [0.1, 0.15) is 0 Å². The highest BCUT2D eigenvalue weighted by molar-refractivity contribution is 5.00. The molecule has 0 radical (unpaired) electrons. The maximum atomic E-state index is 14.8. The molecule has 1 fully saturated rings. The summed E-state index contributed by atoms with van der Waals surface area (Å²) in [6, 6.07) is 0. The Bertz CT molecular complexity index is 329. The van der Waals surface area contributed by atoms with E-state index in [1.54, 1.807) is 7.11 Å². The fourth-order valence-electron chi connectivity index (χ4n) is 3.46. The lowest BCUT2D eigenvalue weighted by atomic mass is 9.83. The molecule has 6 heteroatoms. The number of methoxy groups -OCH3 is 2. The molecule has 1 rings (SSSR count). The first-order valence-electron chi connectivity index (χ1n) is 7.68. The summed E-state index contributed by atoms with van der Waals surface area (Å²) < 4.78 is 40.1. The minimum absolute atomic E-state index is 0.170. The molecule has 1 aliphatic rings. The number of alkyl halides is 2. The molecule has 0 aromatic rings. The Morgan fingerprint density at radius 1 is 1.24 bits per heavy atom. The van der Waals surface area contributed by atoms with Gasteiger partial charge in [-0.1, -0.05) is 20.8 Å². The van der Waals surface area contributed by atoms with Gasteiger partial charge in [0.15, 0.2) is 0 Å². The number of rotatable bonds is 8. The van der Waals surface area contributed by atoms with Crippen LogP contribution in [-0.2, 0) is 9.47 Å². The second-order valence-corrected chi connectivity index (χ2v) is 6.25. The average Bonchev–Trinajstić information content (AvgIpc) is 2.71. The van der Waals surface area contributed by atoms with Gasteiger partial charge in [-0.3, -0.25) is 0 Å². The summed E-state index contributed by atoms with van der Waals surface area (Å²) in [4.78, 5) is 2.50. The minimum atomic E-state index is -2.96. The van der Waals surface area contributed by atoms with Crippen LogP contribution < -0.4 is 0 Å². The molecule has 0 aromatic carbocycles. The zero-order chi connectivity index (χ0) is 16.3. The van der Waals surface area contributed by atoms with Crippen molar-refractivity contribution in [1.29, 1.82) is 0 Å². The van der Waals surface area contributed by atoms with E-state index in [1.807, 2.05) is 27.7 Å². The van der Waals surface area contributed by atoms with Crippen LogP contribution in [0.5, 0.6) is 0 Å². The van der Waals surface area contributed by atoms with E-state index in [4.69, 9.17) is 9.47 Å². The third-order valence-corrected chi connectivity index (χ3v) is 4.67. The second kappa shape index (κ2) is 7.31. The molecule has 2 atom stereocenters. The molecule has 0 N–H and O–H groups in total. The van der Waals surface area contributed by atoms with Gasteiger partial charge in [-0.05, 0) is 19.3 Å². The van der Waals surface area contributed by atoms with Crippen molar-refractivity contribution in [1.82, 2.24) is 9.80 Å². The first-order chi connectivity index (χ1) is 9.75. The lowest BCUT2D eigenvalue weighted by Crippen LogP contribution is -2.62. The van der Waals surface area contributed by atoms with E-state index in [1.165, 1.54) is 16.9 Å². The van der Waals surface area contributed by atoms with E-state index >= 15 is 0 Å². The predicted molar refractivity (Wildman–Crippen MR) is 79.4 cm³/mol. The molecule has 4 nitrogen and oxygen atoms in total. The first kappa shape index (κ1) is 18.7. The Morgan fingerprint density at radius 3 is 2.29 bits per heavy atom. The molecule has 126 valence electrons. The molecular weight excluding hydrogens is 278 g/mol. The van der Waals surface area contributed by atoms with Crippen molar-refractivity contribution in [3.8, 4) is 0 Å². The fourth-order valence-corrected chi connectivity index (χ4v) is 3.46. The van der Waals surface area contributed by atoms with Gasteiger partial charge in [0.2, 0.25) is 0 Å². The third-order valence-electron chi connectivity index (χ3n) is 4.67. The smallest absolute Gasteiger partial charge is 0.370 e. The number of hydrogen-bond donors (Lipinski definition) is 0. The molecule has 0 bridgehead atoms. The van der Waals surface area contributed by atoms with Gasteiger partial charge >= 0.3 is 6.17 Å². The zero-order valence-corrected chi connectivity index (χ0v) is 14.2. The van der Waals surface area contributed by atoms with Crippen LogP contribution in [0, 0.1) is 5.92 Å². The Hall–Kier alpha value is -0.300. The first-order valence-corrected chi connectivity index (χ1v) is 7.68. The van der Waals surface area contributed by atoms with Crippen molar-refractivity contribution >= 4 is 0 Å². The summed E-state index contributed by atoms with van der Waals surface area (Å²) in [6.07, 6.45) is -2.59. The molecule has 0 spiro atoms. The van der Waals surface area contributed by atoms with Crippen molar-refractivity contribution in [2.75, 3.05) is 40.5 Å². The van der Waals surface area contributed by atoms with Crippen LogP contribution in [0.15, 0.2) is 0 Å². The number of hydrogen-bond acceptors (Lipinski definition) is 4. The molecule has 0 aliphatic carbocycles. The Kier molecular flexibility index (Phi) is 6.53. The number of ether oxygens (including phenoxy) is 2.